The van der Waals surface area contributed by atoms with Crippen LogP contribution in [-0.4, -0.2) is 69.4 Å². The first-order valence-electron chi connectivity index (χ1n) is 11.9. The number of azo groups is 1. The van der Waals surface area contributed by atoms with Crippen molar-refractivity contribution in [2.24, 2.45) is 10.2 Å². The maximum Gasteiger partial charge on any atom is 0.254 e. The van der Waals surface area contributed by atoms with E-state index >= 15 is 0 Å². The summed E-state index contributed by atoms with van der Waals surface area (Å²) in [4.78, 5) is 12.6. The van der Waals surface area contributed by atoms with Crippen molar-refractivity contribution >= 4 is 55.6 Å². The second-order valence-corrected chi connectivity index (χ2v) is 9.96. The number of aliphatic hydroxyl groups excluding tert-OH is 3. The molecule has 4 heterocycles. The standard InChI is InChI=1S/C25H23BrN8O5/c26-13-6-7-15-14(8-13)18(36)23(33(15)9-12-4-2-1-3-5-12)31-32-25-30-17-21(27)28-11-29-22(17)34(25)24-20(38)19(37)16(10-35)39-24/h1-8,11,16,19-20,24,35-38H,9-10H2,(H2,27,28,29)/b32-31+. The van der Waals surface area contributed by atoms with E-state index in [1.54, 1.807) is 6.07 Å². The van der Waals surface area contributed by atoms with Crippen LogP contribution < -0.4 is 5.73 Å². The minimum Gasteiger partial charge on any atom is -0.504 e. The Morgan fingerprint density at radius 1 is 1.05 bits per heavy atom. The second-order valence-electron chi connectivity index (χ2n) is 9.05. The smallest absolute Gasteiger partial charge is 0.254 e. The molecular weight excluding hydrogens is 572 g/mol. The van der Waals surface area contributed by atoms with Crippen LogP contribution in [0.4, 0.5) is 17.6 Å². The van der Waals surface area contributed by atoms with Crippen molar-refractivity contribution < 1.29 is 25.2 Å². The van der Waals surface area contributed by atoms with Crippen LogP contribution in [-0.2, 0) is 11.3 Å². The average Bonchev–Trinajstić information content (AvgIpc) is 3.53. The lowest BCUT2D eigenvalue weighted by Gasteiger charge is -2.17. The van der Waals surface area contributed by atoms with Gasteiger partial charge in [-0.25, -0.2) is 15.0 Å². The van der Waals surface area contributed by atoms with Crippen LogP contribution >= 0.6 is 15.9 Å². The minimum absolute atomic E-state index is 0.0628. The fraction of sp³-hybridized carbons (Fsp3) is 0.240. The Balaban J connectivity index is 1.50. The highest BCUT2D eigenvalue weighted by Crippen LogP contribution is 2.42. The van der Waals surface area contributed by atoms with E-state index in [9.17, 15) is 20.4 Å². The molecule has 0 spiro atoms. The topological polar surface area (TPSA) is 189 Å². The van der Waals surface area contributed by atoms with Gasteiger partial charge >= 0.3 is 0 Å². The number of ether oxygens (including phenoxy) is 1. The highest BCUT2D eigenvalue weighted by molar-refractivity contribution is 9.10. The molecule has 0 radical (unpaired) electrons. The van der Waals surface area contributed by atoms with Gasteiger partial charge in [-0.2, -0.15) is 0 Å². The molecule has 0 aliphatic carbocycles. The van der Waals surface area contributed by atoms with E-state index in [2.05, 4.69) is 41.1 Å². The molecule has 4 atom stereocenters. The summed E-state index contributed by atoms with van der Waals surface area (Å²) in [5.41, 5.74) is 8.10. The van der Waals surface area contributed by atoms with Crippen molar-refractivity contribution in [1.82, 2.24) is 24.1 Å². The van der Waals surface area contributed by atoms with Gasteiger partial charge in [0.05, 0.1) is 12.1 Å². The van der Waals surface area contributed by atoms with E-state index in [0.29, 0.717) is 11.9 Å². The Hall–Kier alpha value is -3.95. The van der Waals surface area contributed by atoms with Gasteiger partial charge in [0.15, 0.2) is 34.8 Å². The lowest BCUT2D eigenvalue weighted by molar-refractivity contribution is -0.0503. The molecule has 1 aliphatic rings. The quantitative estimate of drug-likeness (QED) is 0.184. The molecule has 3 aromatic heterocycles. The molecule has 14 heteroatoms. The summed E-state index contributed by atoms with van der Waals surface area (Å²) < 4.78 is 9.66. The Morgan fingerprint density at radius 2 is 1.85 bits per heavy atom. The molecule has 0 saturated carbocycles. The first-order chi connectivity index (χ1) is 18.9. The molecule has 1 aliphatic heterocycles. The van der Waals surface area contributed by atoms with Gasteiger partial charge in [0.2, 0.25) is 0 Å². The zero-order chi connectivity index (χ0) is 27.3. The minimum atomic E-state index is -1.43. The Morgan fingerprint density at radius 3 is 2.59 bits per heavy atom. The van der Waals surface area contributed by atoms with Crippen molar-refractivity contribution in [3.63, 3.8) is 0 Å². The molecular formula is C25H23BrN8O5. The van der Waals surface area contributed by atoms with Gasteiger partial charge in [0.1, 0.15) is 24.6 Å². The monoisotopic (exact) mass is 594 g/mol. The predicted octanol–water partition coefficient (Wildman–Crippen LogP) is 2.91. The van der Waals surface area contributed by atoms with E-state index in [1.807, 2.05) is 47.0 Å². The van der Waals surface area contributed by atoms with Gasteiger partial charge < -0.3 is 35.5 Å². The zero-order valence-corrected chi connectivity index (χ0v) is 21.8. The van der Waals surface area contributed by atoms with Crippen LogP contribution in [0.15, 0.2) is 69.6 Å². The number of nitrogens with two attached hydrogens (primary N) is 1. The number of imidazole rings is 1. The second kappa shape index (κ2) is 9.98. The van der Waals surface area contributed by atoms with Crippen LogP contribution in [0.5, 0.6) is 5.75 Å². The molecule has 200 valence electrons. The molecule has 6 rings (SSSR count). The van der Waals surface area contributed by atoms with Gasteiger partial charge in [-0.3, -0.25) is 4.57 Å². The molecule has 13 nitrogen and oxygen atoms in total. The summed E-state index contributed by atoms with van der Waals surface area (Å²) in [6, 6.07) is 15.2. The number of hydrogen-bond donors (Lipinski definition) is 5. The summed E-state index contributed by atoms with van der Waals surface area (Å²) in [5.74, 6) is 0.0867. The molecule has 39 heavy (non-hydrogen) atoms. The Kier molecular flexibility index (Phi) is 6.48. The van der Waals surface area contributed by atoms with E-state index in [4.69, 9.17) is 10.5 Å². The van der Waals surface area contributed by atoms with Crippen LogP contribution in [0, 0.1) is 0 Å². The maximum atomic E-state index is 11.2. The number of rotatable bonds is 6. The Labute approximate surface area is 229 Å². The highest BCUT2D eigenvalue weighted by atomic mass is 79.9. The number of benzene rings is 2. The highest BCUT2D eigenvalue weighted by Gasteiger charge is 2.45. The number of nitrogen functional groups attached to an aromatic ring is 1. The summed E-state index contributed by atoms with van der Waals surface area (Å²) >= 11 is 3.45. The van der Waals surface area contributed by atoms with Crippen LogP contribution in [0.25, 0.3) is 22.1 Å². The molecule has 5 aromatic rings. The summed E-state index contributed by atoms with van der Waals surface area (Å²) in [6.45, 7) is -0.115. The first-order valence-corrected chi connectivity index (χ1v) is 12.7. The molecule has 0 amide bonds. The van der Waals surface area contributed by atoms with E-state index in [1.165, 1.54) is 10.9 Å². The maximum absolute atomic E-state index is 11.2. The molecule has 2 aromatic carbocycles. The van der Waals surface area contributed by atoms with Gasteiger partial charge in [-0.1, -0.05) is 46.3 Å². The molecule has 1 saturated heterocycles. The SMILES string of the molecule is Nc1ncnc2c1nc(/N=N/c1c(O)c3cc(Br)ccc3n1Cc1ccccc1)n2C1OC(CO)C(O)C1O. The van der Waals surface area contributed by atoms with Crippen molar-refractivity contribution in [1.29, 1.82) is 0 Å². The Bertz CT molecular complexity index is 1710. The molecule has 4 unspecified atom stereocenters. The summed E-state index contributed by atoms with van der Waals surface area (Å²) in [5, 5.41) is 51.1. The van der Waals surface area contributed by atoms with Crippen LogP contribution in [0.3, 0.4) is 0 Å². The third kappa shape index (κ3) is 4.31. The fourth-order valence-electron chi connectivity index (χ4n) is 4.73. The first kappa shape index (κ1) is 25.3. The normalized spacial score (nSPS) is 21.5. The number of anilines is 1. The van der Waals surface area contributed by atoms with Crippen molar-refractivity contribution in [3.8, 4) is 5.75 Å². The number of aromatic nitrogens is 5. The number of aliphatic hydroxyl groups is 3. The van der Waals surface area contributed by atoms with Crippen molar-refractivity contribution in [2.75, 3.05) is 12.3 Å². The summed E-state index contributed by atoms with van der Waals surface area (Å²) in [6.07, 6.45) is -3.82. The van der Waals surface area contributed by atoms with Crippen LogP contribution in [0.1, 0.15) is 11.8 Å². The number of fused-ring (bicyclic) bond motifs is 2. The molecule has 6 N–H and O–H groups in total. The molecule has 0 bridgehead atoms. The summed E-state index contributed by atoms with van der Waals surface area (Å²) in [7, 11) is 0. The number of nitrogens with zero attached hydrogens (tertiary/aromatic N) is 7. The lowest BCUT2D eigenvalue weighted by atomic mass is 10.1. The van der Waals surface area contributed by atoms with Gasteiger partial charge in [0, 0.05) is 16.4 Å². The predicted molar refractivity (Wildman–Crippen MR) is 144 cm³/mol. The van der Waals surface area contributed by atoms with Crippen molar-refractivity contribution in [2.45, 2.75) is 31.1 Å². The fourth-order valence-corrected chi connectivity index (χ4v) is 5.09. The van der Waals surface area contributed by atoms with Gasteiger partial charge in [-0.15, -0.1) is 10.2 Å². The van der Waals surface area contributed by atoms with Crippen LogP contribution in [0.2, 0.25) is 0 Å². The number of hydrogen-bond acceptors (Lipinski definition) is 11. The van der Waals surface area contributed by atoms with E-state index < -0.39 is 31.1 Å². The van der Waals surface area contributed by atoms with Gasteiger partial charge in [0.25, 0.3) is 5.95 Å². The van der Waals surface area contributed by atoms with E-state index in [0.717, 1.165) is 15.6 Å². The number of aromatic hydroxyl groups is 1. The van der Waals surface area contributed by atoms with Gasteiger partial charge in [-0.05, 0) is 23.8 Å². The zero-order valence-electron chi connectivity index (χ0n) is 20.2. The number of halogens is 1. The third-order valence-corrected chi connectivity index (χ3v) is 7.14. The van der Waals surface area contributed by atoms with E-state index in [-0.39, 0.29) is 34.5 Å². The lowest BCUT2D eigenvalue weighted by Crippen LogP contribution is -2.33. The third-order valence-electron chi connectivity index (χ3n) is 6.65. The average molecular weight is 595 g/mol. The largest absolute Gasteiger partial charge is 0.504 e. The molecule has 1 fully saturated rings. The van der Waals surface area contributed by atoms with Crippen molar-refractivity contribution in [3.05, 3.63) is 64.9 Å².